The van der Waals surface area contributed by atoms with Gasteiger partial charge in [0.1, 0.15) is 0 Å². The molecule has 0 aliphatic heterocycles. The molecule has 2 N–H and O–H groups in total. The number of thiocarbonyl (C=S) groups is 1. The van der Waals surface area contributed by atoms with Gasteiger partial charge in [0.15, 0.2) is 5.65 Å². The zero-order chi connectivity index (χ0) is 11.0. The number of hydrogen-bond donors (Lipinski definition) is 1. The first-order valence-corrected chi connectivity index (χ1v) is 5.28. The Kier molecular flexibility index (Phi) is 2.63. The predicted molar refractivity (Wildman–Crippen MR) is 65.4 cm³/mol. The van der Waals surface area contributed by atoms with Crippen LogP contribution in [0.3, 0.4) is 0 Å². The highest BCUT2D eigenvalue weighted by Crippen LogP contribution is 2.19. The van der Waals surface area contributed by atoms with Gasteiger partial charge in [0.25, 0.3) is 0 Å². The van der Waals surface area contributed by atoms with Crippen LogP contribution in [0, 0.1) is 6.92 Å². The molecule has 0 bridgehead atoms. The van der Waals surface area contributed by atoms with Crippen molar-refractivity contribution >= 4 is 34.5 Å². The van der Waals surface area contributed by atoms with Crippen LogP contribution in [-0.2, 0) is 6.42 Å². The maximum atomic E-state index is 6.03. The SMILES string of the molecule is Cc1nc2c(Cl)cccn2c1CC(N)=S. The Hall–Kier alpha value is -1.13. The van der Waals surface area contributed by atoms with E-state index in [0.717, 1.165) is 17.0 Å². The van der Waals surface area contributed by atoms with Crippen molar-refractivity contribution in [2.45, 2.75) is 13.3 Å². The molecule has 15 heavy (non-hydrogen) atoms. The summed E-state index contributed by atoms with van der Waals surface area (Å²) >= 11 is 10.9. The second-order valence-electron chi connectivity index (χ2n) is 3.34. The van der Waals surface area contributed by atoms with Crippen molar-refractivity contribution in [1.29, 1.82) is 0 Å². The fraction of sp³-hybridized carbons (Fsp3) is 0.200. The van der Waals surface area contributed by atoms with Gasteiger partial charge in [-0.05, 0) is 19.1 Å². The molecule has 0 saturated carbocycles. The third-order valence-electron chi connectivity index (χ3n) is 2.24. The molecule has 2 aromatic heterocycles. The minimum absolute atomic E-state index is 0.458. The highest BCUT2D eigenvalue weighted by Gasteiger charge is 2.10. The summed E-state index contributed by atoms with van der Waals surface area (Å²) in [5.41, 5.74) is 8.20. The van der Waals surface area contributed by atoms with Crippen LogP contribution >= 0.6 is 23.8 Å². The Morgan fingerprint density at radius 3 is 3.07 bits per heavy atom. The third kappa shape index (κ3) is 1.82. The van der Waals surface area contributed by atoms with Gasteiger partial charge in [-0.2, -0.15) is 0 Å². The summed E-state index contributed by atoms with van der Waals surface area (Å²) in [6.07, 6.45) is 2.46. The van der Waals surface area contributed by atoms with Crippen LogP contribution in [0.4, 0.5) is 0 Å². The van der Waals surface area contributed by atoms with Crippen molar-refractivity contribution < 1.29 is 0 Å². The average Bonchev–Trinajstić information content (AvgIpc) is 2.45. The lowest BCUT2D eigenvalue weighted by Gasteiger charge is -2.01. The van der Waals surface area contributed by atoms with Gasteiger partial charge in [-0.3, -0.25) is 0 Å². The topological polar surface area (TPSA) is 43.3 Å². The average molecular weight is 240 g/mol. The van der Waals surface area contributed by atoms with Crippen LogP contribution in [0.2, 0.25) is 5.02 Å². The summed E-state index contributed by atoms with van der Waals surface area (Å²) in [6, 6.07) is 3.69. The van der Waals surface area contributed by atoms with E-state index in [1.165, 1.54) is 0 Å². The number of aromatic nitrogens is 2. The molecule has 0 radical (unpaired) electrons. The fourth-order valence-electron chi connectivity index (χ4n) is 1.57. The van der Waals surface area contributed by atoms with Crippen molar-refractivity contribution in [3.05, 3.63) is 34.7 Å². The zero-order valence-electron chi connectivity index (χ0n) is 8.20. The number of pyridine rings is 1. The minimum atomic E-state index is 0.458. The second kappa shape index (κ2) is 3.79. The van der Waals surface area contributed by atoms with Gasteiger partial charge in [-0.25, -0.2) is 4.98 Å². The maximum absolute atomic E-state index is 6.03. The standard InChI is InChI=1S/C10H10ClN3S/c1-6-8(5-9(12)15)14-4-2-3-7(11)10(14)13-6/h2-4H,5H2,1H3,(H2,12,15). The molecular formula is C10H10ClN3S. The summed E-state index contributed by atoms with van der Waals surface area (Å²) in [5, 5.41) is 0.634. The Balaban J connectivity index is 2.68. The molecule has 78 valence electrons. The fourth-order valence-corrected chi connectivity index (χ4v) is 1.92. The highest BCUT2D eigenvalue weighted by molar-refractivity contribution is 7.80. The Bertz CT molecular complexity index is 533. The first-order valence-electron chi connectivity index (χ1n) is 4.50. The van der Waals surface area contributed by atoms with Crippen molar-refractivity contribution in [2.75, 3.05) is 0 Å². The van der Waals surface area contributed by atoms with Crippen molar-refractivity contribution in [3.8, 4) is 0 Å². The van der Waals surface area contributed by atoms with Crippen LogP contribution < -0.4 is 5.73 Å². The highest BCUT2D eigenvalue weighted by atomic mass is 35.5. The minimum Gasteiger partial charge on any atom is -0.393 e. The second-order valence-corrected chi connectivity index (χ2v) is 4.27. The van der Waals surface area contributed by atoms with Gasteiger partial charge in [-0.1, -0.05) is 23.8 Å². The van der Waals surface area contributed by atoms with E-state index in [-0.39, 0.29) is 0 Å². The van der Waals surface area contributed by atoms with E-state index in [0.29, 0.717) is 16.4 Å². The number of nitrogens with two attached hydrogens (primary N) is 1. The van der Waals surface area contributed by atoms with E-state index in [1.807, 2.05) is 29.7 Å². The molecule has 0 fully saturated rings. The lowest BCUT2D eigenvalue weighted by Crippen LogP contribution is -2.13. The predicted octanol–water partition coefficient (Wildman–Crippen LogP) is 2.12. The van der Waals surface area contributed by atoms with Gasteiger partial charge in [0, 0.05) is 12.6 Å². The quantitative estimate of drug-likeness (QED) is 0.817. The number of aryl methyl sites for hydroxylation is 1. The smallest absolute Gasteiger partial charge is 0.156 e. The monoisotopic (exact) mass is 239 g/mol. The van der Waals surface area contributed by atoms with Crippen LogP contribution in [0.5, 0.6) is 0 Å². The summed E-state index contributed by atoms with van der Waals surface area (Å²) in [7, 11) is 0. The van der Waals surface area contributed by atoms with Crippen LogP contribution in [0.1, 0.15) is 11.4 Å². The molecule has 3 nitrogen and oxygen atoms in total. The number of halogens is 1. The third-order valence-corrected chi connectivity index (χ3v) is 2.68. The summed E-state index contributed by atoms with van der Waals surface area (Å²) in [6.45, 7) is 1.93. The van der Waals surface area contributed by atoms with E-state index in [2.05, 4.69) is 4.98 Å². The van der Waals surface area contributed by atoms with Crippen LogP contribution in [0.25, 0.3) is 5.65 Å². The molecule has 0 aliphatic rings. The number of fused-ring (bicyclic) bond motifs is 1. The zero-order valence-corrected chi connectivity index (χ0v) is 9.77. The normalized spacial score (nSPS) is 10.8. The molecule has 0 amide bonds. The van der Waals surface area contributed by atoms with E-state index < -0.39 is 0 Å². The number of nitrogens with zero attached hydrogens (tertiary/aromatic N) is 2. The Morgan fingerprint density at radius 1 is 1.67 bits per heavy atom. The van der Waals surface area contributed by atoms with Crippen LogP contribution in [-0.4, -0.2) is 14.4 Å². The summed E-state index contributed by atoms with van der Waals surface area (Å²) < 4.78 is 1.93. The molecule has 0 aliphatic carbocycles. The van der Waals surface area contributed by atoms with Crippen molar-refractivity contribution in [3.63, 3.8) is 0 Å². The molecule has 5 heteroatoms. The van der Waals surface area contributed by atoms with Gasteiger partial charge in [0.05, 0.1) is 21.4 Å². The lowest BCUT2D eigenvalue weighted by molar-refractivity contribution is 1.05. The molecule has 0 spiro atoms. The molecule has 2 rings (SSSR count). The summed E-state index contributed by atoms with van der Waals surface area (Å²) in [4.78, 5) is 4.84. The van der Waals surface area contributed by atoms with E-state index in [1.54, 1.807) is 0 Å². The number of imidazole rings is 1. The van der Waals surface area contributed by atoms with E-state index in [9.17, 15) is 0 Å². The molecule has 0 atom stereocenters. The first-order chi connectivity index (χ1) is 7.09. The molecular weight excluding hydrogens is 230 g/mol. The van der Waals surface area contributed by atoms with E-state index in [4.69, 9.17) is 29.6 Å². The molecule has 0 aromatic carbocycles. The maximum Gasteiger partial charge on any atom is 0.156 e. The van der Waals surface area contributed by atoms with Crippen molar-refractivity contribution in [2.24, 2.45) is 5.73 Å². The summed E-state index contributed by atoms with van der Waals surface area (Å²) in [5.74, 6) is 0. The molecule has 0 unspecified atom stereocenters. The largest absolute Gasteiger partial charge is 0.393 e. The molecule has 2 aromatic rings. The lowest BCUT2D eigenvalue weighted by atomic mass is 10.2. The van der Waals surface area contributed by atoms with Crippen LogP contribution in [0.15, 0.2) is 18.3 Å². The van der Waals surface area contributed by atoms with Crippen molar-refractivity contribution in [1.82, 2.24) is 9.38 Å². The first kappa shape index (κ1) is 10.4. The van der Waals surface area contributed by atoms with Gasteiger partial charge >= 0.3 is 0 Å². The number of rotatable bonds is 2. The Labute approximate surface area is 97.9 Å². The van der Waals surface area contributed by atoms with Gasteiger partial charge in [0.2, 0.25) is 0 Å². The molecule has 2 heterocycles. The number of hydrogen-bond acceptors (Lipinski definition) is 2. The molecule has 0 saturated heterocycles. The van der Waals surface area contributed by atoms with Gasteiger partial charge < -0.3 is 10.1 Å². The van der Waals surface area contributed by atoms with Gasteiger partial charge in [-0.15, -0.1) is 0 Å². The Morgan fingerprint density at radius 2 is 2.40 bits per heavy atom. The van der Waals surface area contributed by atoms with E-state index >= 15 is 0 Å².